The maximum Gasteiger partial charge on any atom is 0.0914 e. The van der Waals surface area contributed by atoms with E-state index in [-0.39, 0.29) is 0 Å². The SMILES string of the molecule is CC(C)Cc1ccc(C(O)CNC2CC3CCC2O3)cc1. The van der Waals surface area contributed by atoms with Crippen molar-refractivity contribution >= 4 is 0 Å². The van der Waals surface area contributed by atoms with Crippen LogP contribution in [0.25, 0.3) is 0 Å². The molecule has 3 rings (SSSR count). The Hall–Kier alpha value is -0.900. The highest BCUT2D eigenvalue weighted by Gasteiger charge is 2.40. The monoisotopic (exact) mass is 289 g/mol. The molecule has 0 radical (unpaired) electrons. The van der Waals surface area contributed by atoms with Crippen molar-refractivity contribution in [2.75, 3.05) is 6.54 Å². The van der Waals surface area contributed by atoms with E-state index in [9.17, 15) is 5.11 Å². The first-order chi connectivity index (χ1) is 10.1. The Morgan fingerprint density at radius 1 is 1.24 bits per heavy atom. The van der Waals surface area contributed by atoms with Gasteiger partial charge in [-0.3, -0.25) is 0 Å². The Kier molecular flexibility index (Phi) is 4.63. The molecule has 2 fully saturated rings. The maximum atomic E-state index is 10.3. The van der Waals surface area contributed by atoms with Crippen molar-refractivity contribution in [1.29, 1.82) is 0 Å². The Morgan fingerprint density at radius 3 is 2.57 bits per heavy atom. The minimum atomic E-state index is -0.433. The van der Waals surface area contributed by atoms with Crippen LogP contribution in [0.4, 0.5) is 0 Å². The van der Waals surface area contributed by atoms with Crippen LogP contribution in [0.3, 0.4) is 0 Å². The van der Waals surface area contributed by atoms with Gasteiger partial charge in [-0.2, -0.15) is 0 Å². The first-order valence-corrected chi connectivity index (χ1v) is 8.27. The number of benzene rings is 1. The molecule has 2 aliphatic heterocycles. The van der Waals surface area contributed by atoms with Gasteiger partial charge in [0.2, 0.25) is 0 Å². The van der Waals surface area contributed by atoms with Crippen LogP contribution in [0.2, 0.25) is 0 Å². The van der Waals surface area contributed by atoms with E-state index in [1.165, 1.54) is 18.4 Å². The Balaban J connectivity index is 1.49. The molecule has 2 aliphatic rings. The topological polar surface area (TPSA) is 41.5 Å². The number of ether oxygens (including phenoxy) is 1. The number of hydrogen-bond acceptors (Lipinski definition) is 3. The van der Waals surface area contributed by atoms with Crippen molar-refractivity contribution in [1.82, 2.24) is 5.32 Å². The minimum absolute atomic E-state index is 0.371. The molecule has 0 saturated carbocycles. The first kappa shape index (κ1) is 15.0. The third-order valence-electron chi connectivity index (χ3n) is 4.69. The highest BCUT2D eigenvalue weighted by atomic mass is 16.5. The van der Waals surface area contributed by atoms with Crippen LogP contribution in [0, 0.1) is 5.92 Å². The second-order valence-electron chi connectivity index (χ2n) is 6.98. The predicted molar refractivity (Wildman–Crippen MR) is 84.2 cm³/mol. The predicted octanol–water partition coefficient (Wildman–Crippen LogP) is 2.83. The molecule has 0 spiro atoms. The second kappa shape index (κ2) is 6.47. The Labute approximate surface area is 127 Å². The molecule has 4 atom stereocenters. The van der Waals surface area contributed by atoms with E-state index >= 15 is 0 Å². The zero-order valence-electron chi connectivity index (χ0n) is 13.1. The molecule has 2 bridgehead atoms. The fourth-order valence-corrected chi connectivity index (χ4v) is 3.58. The average molecular weight is 289 g/mol. The smallest absolute Gasteiger partial charge is 0.0914 e. The minimum Gasteiger partial charge on any atom is -0.387 e. The molecule has 2 N–H and O–H groups in total. The van der Waals surface area contributed by atoms with Gasteiger partial charge in [-0.05, 0) is 42.7 Å². The molecule has 3 nitrogen and oxygen atoms in total. The molecule has 21 heavy (non-hydrogen) atoms. The molecule has 1 aromatic carbocycles. The highest BCUT2D eigenvalue weighted by molar-refractivity contribution is 5.24. The summed E-state index contributed by atoms with van der Waals surface area (Å²) in [6.45, 7) is 5.06. The lowest BCUT2D eigenvalue weighted by molar-refractivity contribution is 0.0942. The Bertz CT molecular complexity index is 457. The number of nitrogens with one attached hydrogen (secondary N) is 1. The van der Waals surface area contributed by atoms with Crippen molar-refractivity contribution < 1.29 is 9.84 Å². The zero-order valence-corrected chi connectivity index (χ0v) is 13.1. The number of aliphatic hydroxyl groups is 1. The summed E-state index contributed by atoms with van der Waals surface area (Å²) in [6.07, 6.45) is 4.97. The molecule has 0 aliphatic carbocycles. The van der Waals surface area contributed by atoms with E-state index in [0.29, 0.717) is 30.7 Å². The van der Waals surface area contributed by atoms with Gasteiger partial charge in [-0.1, -0.05) is 38.1 Å². The van der Waals surface area contributed by atoms with E-state index in [1.54, 1.807) is 0 Å². The fraction of sp³-hybridized carbons (Fsp3) is 0.667. The van der Waals surface area contributed by atoms with Gasteiger partial charge >= 0.3 is 0 Å². The van der Waals surface area contributed by atoms with Crippen LogP contribution >= 0.6 is 0 Å². The molecule has 1 aromatic rings. The van der Waals surface area contributed by atoms with E-state index in [2.05, 4.69) is 43.4 Å². The number of rotatable bonds is 6. The van der Waals surface area contributed by atoms with Crippen LogP contribution in [0.5, 0.6) is 0 Å². The molecule has 116 valence electrons. The van der Waals surface area contributed by atoms with Crippen LogP contribution in [0.1, 0.15) is 50.3 Å². The molecule has 2 heterocycles. The lowest BCUT2D eigenvalue weighted by atomic mass is 9.95. The van der Waals surface area contributed by atoms with Crippen molar-refractivity contribution in [3.8, 4) is 0 Å². The number of aliphatic hydroxyl groups excluding tert-OH is 1. The summed E-state index contributed by atoms with van der Waals surface area (Å²) < 4.78 is 5.83. The van der Waals surface area contributed by atoms with Crippen molar-refractivity contribution in [3.63, 3.8) is 0 Å². The molecule has 2 saturated heterocycles. The highest BCUT2D eigenvalue weighted by Crippen LogP contribution is 2.34. The van der Waals surface area contributed by atoms with Crippen LogP contribution in [0.15, 0.2) is 24.3 Å². The zero-order chi connectivity index (χ0) is 14.8. The molecule has 0 amide bonds. The van der Waals surface area contributed by atoms with Gasteiger partial charge in [0.05, 0.1) is 18.3 Å². The summed E-state index contributed by atoms with van der Waals surface area (Å²) >= 11 is 0. The lowest BCUT2D eigenvalue weighted by Crippen LogP contribution is -2.39. The van der Waals surface area contributed by atoms with Crippen LogP contribution in [-0.4, -0.2) is 29.9 Å². The molecular formula is C18H27NO2. The van der Waals surface area contributed by atoms with Gasteiger partial charge in [-0.15, -0.1) is 0 Å². The van der Waals surface area contributed by atoms with Gasteiger partial charge in [0.25, 0.3) is 0 Å². The third-order valence-corrected chi connectivity index (χ3v) is 4.69. The van der Waals surface area contributed by atoms with Gasteiger partial charge in [-0.25, -0.2) is 0 Å². The summed E-state index contributed by atoms with van der Waals surface area (Å²) in [4.78, 5) is 0. The van der Waals surface area contributed by atoms with E-state index in [1.807, 2.05) is 0 Å². The normalized spacial score (nSPS) is 29.2. The van der Waals surface area contributed by atoms with E-state index < -0.39 is 6.10 Å². The summed E-state index contributed by atoms with van der Waals surface area (Å²) in [7, 11) is 0. The van der Waals surface area contributed by atoms with Crippen molar-refractivity contribution in [2.45, 2.75) is 63.9 Å². The lowest BCUT2D eigenvalue weighted by Gasteiger charge is -2.22. The summed E-state index contributed by atoms with van der Waals surface area (Å²) in [6, 6.07) is 8.82. The third kappa shape index (κ3) is 3.65. The van der Waals surface area contributed by atoms with Crippen LogP contribution < -0.4 is 5.32 Å². The standard InChI is InChI=1S/C18H27NO2/c1-12(2)9-13-3-5-14(6-4-13)17(20)11-19-16-10-15-7-8-18(16)21-15/h3-6,12,15-20H,7-11H2,1-2H3. The summed E-state index contributed by atoms with van der Waals surface area (Å²) in [5.74, 6) is 0.667. The van der Waals surface area contributed by atoms with Crippen molar-refractivity contribution in [2.24, 2.45) is 5.92 Å². The van der Waals surface area contributed by atoms with E-state index in [4.69, 9.17) is 4.74 Å². The van der Waals surface area contributed by atoms with Gasteiger partial charge in [0.1, 0.15) is 0 Å². The van der Waals surface area contributed by atoms with Gasteiger partial charge in [0.15, 0.2) is 0 Å². The molecule has 0 aromatic heterocycles. The average Bonchev–Trinajstić information content (AvgIpc) is 3.07. The maximum absolute atomic E-state index is 10.3. The van der Waals surface area contributed by atoms with Crippen LogP contribution in [-0.2, 0) is 11.2 Å². The number of fused-ring (bicyclic) bond motifs is 2. The quantitative estimate of drug-likeness (QED) is 0.846. The van der Waals surface area contributed by atoms with Crippen molar-refractivity contribution in [3.05, 3.63) is 35.4 Å². The number of hydrogen-bond donors (Lipinski definition) is 2. The summed E-state index contributed by atoms with van der Waals surface area (Å²) in [5, 5.41) is 13.8. The van der Waals surface area contributed by atoms with Gasteiger partial charge < -0.3 is 15.2 Å². The molecule has 3 heteroatoms. The van der Waals surface area contributed by atoms with Gasteiger partial charge in [0, 0.05) is 12.6 Å². The second-order valence-corrected chi connectivity index (χ2v) is 6.98. The fourth-order valence-electron chi connectivity index (χ4n) is 3.58. The first-order valence-electron chi connectivity index (χ1n) is 8.27. The Morgan fingerprint density at radius 2 is 2.00 bits per heavy atom. The molecule has 4 unspecified atom stereocenters. The summed E-state index contributed by atoms with van der Waals surface area (Å²) in [5.41, 5.74) is 2.34. The largest absolute Gasteiger partial charge is 0.387 e. The molecular weight excluding hydrogens is 262 g/mol. The van der Waals surface area contributed by atoms with E-state index in [0.717, 1.165) is 18.4 Å².